The van der Waals surface area contributed by atoms with E-state index in [0.717, 1.165) is 31.2 Å². The maximum atomic E-state index is 12.4. The molecule has 1 aliphatic rings. The molecular weight excluding hydrogens is 346 g/mol. The summed E-state index contributed by atoms with van der Waals surface area (Å²) in [5.41, 5.74) is 4.50. The zero-order chi connectivity index (χ0) is 18.7. The Labute approximate surface area is 158 Å². The second kappa shape index (κ2) is 8.04. The molecule has 1 aromatic heterocycles. The van der Waals surface area contributed by atoms with Crippen molar-refractivity contribution in [3.63, 3.8) is 0 Å². The standard InChI is InChI=1S/C21H25NO3S/c1-3-13(4-2)19(23)22-20-18(21(24)25)17(12-26-20)16-10-9-14-7-5-6-8-15(14)11-16/h9-13H,3-8H2,1-2H3,(H,22,23)(H,24,25). The summed E-state index contributed by atoms with van der Waals surface area (Å²) in [6.07, 6.45) is 6.04. The number of carboxylic acid groups (broad SMARTS) is 1. The lowest BCUT2D eigenvalue weighted by molar-refractivity contribution is -0.120. The molecule has 0 saturated carbocycles. The van der Waals surface area contributed by atoms with Crippen LogP contribution in [0.1, 0.15) is 61.0 Å². The van der Waals surface area contributed by atoms with Crippen molar-refractivity contribution in [3.8, 4) is 11.1 Å². The third kappa shape index (κ3) is 3.68. The van der Waals surface area contributed by atoms with E-state index < -0.39 is 5.97 Å². The van der Waals surface area contributed by atoms with E-state index in [9.17, 15) is 14.7 Å². The Kier molecular flexibility index (Phi) is 5.77. The van der Waals surface area contributed by atoms with Gasteiger partial charge < -0.3 is 10.4 Å². The lowest BCUT2D eigenvalue weighted by Gasteiger charge is -2.16. The summed E-state index contributed by atoms with van der Waals surface area (Å²) in [5.74, 6) is -1.19. The van der Waals surface area contributed by atoms with Crippen LogP contribution in [0.15, 0.2) is 23.6 Å². The number of nitrogens with one attached hydrogen (secondary N) is 1. The van der Waals surface area contributed by atoms with E-state index in [1.165, 1.54) is 35.3 Å². The molecule has 1 amide bonds. The van der Waals surface area contributed by atoms with Gasteiger partial charge in [0.05, 0.1) is 0 Å². The van der Waals surface area contributed by atoms with Gasteiger partial charge in [-0.1, -0.05) is 32.0 Å². The normalized spacial score (nSPS) is 13.5. The Hall–Kier alpha value is -2.14. The van der Waals surface area contributed by atoms with Crippen molar-refractivity contribution in [3.05, 3.63) is 40.3 Å². The number of aryl methyl sites for hydroxylation is 2. The van der Waals surface area contributed by atoms with Crippen molar-refractivity contribution in [1.29, 1.82) is 0 Å². The van der Waals surface area contributed by atoms with E-state index in [0.29, 0.717) is 10.6 Å². The van der Waals surface area contributed by atoms with Crippen LogP contribution in [0.5, 0.6) is 0 Å². The molecule has 0 fully saturated rings. The van der Waals surface area contributed by atoms with E-state index in [2.05, 4.69) is 17.4 Å². The van der Waals surface area contributed by atoms with Crippen molar-refractivity contribution in [2.45, 2.75) is 52.4 Å². The van der Waals surface area contributed by atoms with Crippen LogP contribution in [0.2, 0.25) is 0 Å². The molecule has 1 heterocycles. The highest BCUT2D eigenvalue weighted by Crippen LogP contribution is 2.37. The summed E-state index contributed by atoms with van der Waals surface area (Å²) in [6, 6.07) is 6.25. The predicted molar refractivity (Wildman–Crippen MR) is 106 cm³/mol. The highest BCUT2D eigenvalue weighted by molar-refractivity contribution is 7.15. The van der Waals surface area contributed by atoms with Crippen LogP contribution in [-0.4, -0.2) is 17.0 Å². The van der Waals surface area contributed by atoms with E-state index >= 15 is 0 Å². The van der Waals surface area contributed by atoms with Gasteiger partial charge in [0.1, 0.15) is 10.6 Å². The molecule has 0 unspecified atom stereocenters. The van der Waals surface area contributed by atoms with Crippen molar-refractivity contribution < 1.29 is 14.7 Å². The molecule has 138 valence electrons. The predicted octanol–water partition coefficient (Wildman–Crippen LogP) is 5.37. The summed E-state index contributed by atoms with van der Waals surface area (Å²) in [6.45, 7) is 3.94. The van der Waals surface area contributed by atoms with E-state index in [4.69, 9.17) is 0 Å². The largest absolute Gasteiger partial charge is 0.478 e. The summed E-state index contributed by atoms with van der Waals surface area (Å²) >= 11 is 1.29. The van der Waals surface area contributed by atoms with Gasteiger partial charge in [-0.15, -0.1) is 11.3 Å². The molecule has 0 aliphatic heterocycles. The Balaban J connectivity index is 1.95. The number of hydrogen-bond donors (Lipinski definition) is 2. The number of carbonyl (C=O) groups is 2. The molecule has 0 radical (unpaired) electrons. The second-order valence-electron chi connectivity index (χ2n) is 6.85. The fraction of sp³-hybridized carbons (Fsp3) is 0.429. The minimum absolute atomic E-state index is 0.0917. The number of thiophene rings is 1. The van der Waals surface area contributed by atoms with Gasteiger partial charge in [-0.3, -0.25) is 4.79 Å². The number of aromatic carboxylic acids is 1. The van der Waals surface area contributed by atoms with Crippen LogP contribution in [-0.2, 0) is 17.6 Å². The van der Waals surface area contributed by atoms with Crippen LogP contribution in [0, 0.1) is 5.92 Å². The van der Waals surface area contributed by atoms with Gasteiger partial charge in [-0.05, 0) is 55.2 Å². The smallest absolute Gasteiger partial charge is 0.339 e. The van der Waals surface area contributed by atoms with Crippen molar-refractivity contribution in [2.24, 2.45) is 5.92 Å². The average molecular weight is 372 g/mol. The summed E-state index contributed by atoms with van der Waals surface area (Å²) in [4.78, 5) is 24.3. The van der Waals surface area contributed by atoms with E-state index in [-0.39, 0.29) is 17.4 Å². The topological polar surface area (TPSA) is 66.4 Å². The number of carboxylic acids is 1. The molecule has 0 atom stereocenters. The zero-order valence-corrected chi connectivity index (χ0v) is 16.1. The van der Waals surface area contributed by atoms with Crippen LogP contribution in [0.25, 0.3) is 11.1 Å². The average Bonchev–Trinajstić information content (AvgIpc) is 3.06. The molecule has 0 spiro atoms. The third-order valence-electron chi connectivity index (χ3n) is 5.26. The molecule has 3 rings (SSSR count). The zero-order valence-electron chi connectivity index (χ0n) is 15.3. The van der Waals surface area contributed by atoms with Crippen LogP contribution < -0.4 is 5.32 Å². The molecular formula is C21H25NO3S. The molecule has 4 nitrogen and oxygen atoms in total. The monoisotopic (exact) mass is 371 g/mol. The number of anilines is 1. The van der Waals surface area contributed by atoms with Crippen LogP contribution >= 0.6 is 11.3 Å². The number of amides is 1. The van der Waals surface area contributed by atoms with Gasteiger partial charge >= 0.3 is 5.97 Å². The van der Waals surface area contributed by atoms with Gasteiger partial charge in [0, 0.05) is 16.9 Å². The number of hydrogen-bond acceptors (Lipinski definition) is 3. The van der Waals surface area contributed by atoms with Crippen molar-refractivity contribution >= 4 is 28.2 Å². The molecule has 26 heavy (non-hydrogen) atoms. The highest BCUT2D eigenvalue weighted by Gasteiger charge is 2.23. The summed E-state index contributed by atoms with van der Waals surface area (Å²) in [7, 11) is 0. The van der Waals surface area contributed by atoms with Crippen molar-refractivity contribution in [1.82, 2.24) is 0 Å². The first-order valence-electron chi connectivity index (χ1n) is 9.32. The first-order chi connectivity index (χ1) is 12.5. The Bertz CT molecular complexity index is 821. The maximum absolute atomic E-state index is 12.4. The van der Waals surface area contributed by atoms with Gasteiger partial charge in [-0.25, -0.2) is 4.79 Å². The summed E-state index contributed by atoms with van der Waals surface area (Å²) < 4.78 is 0. The van der Waals surface area contributed by atoms with Gasteiger partial charge in [-0.2, -0.15) is 0 Å². The molecule has 5 heteroatoms. The quantitative estimate of drug-likeness (QED) is 0.718. The fourth-order valence-corrected chi connectivity index (χ4v) is 4.61. The maximum Gasteiger partial charge on any atom is 0.339 e. The molecule has 2 aromatic rings. The van der Waals surface area contributed by atoms with E-state index in [1.807, 2.05) is 25.3 Å². The molecule has 1 aromatic carbocycles. The van der Waals surface area contributed by atoms with Crippen LogP contribution in [0.4, 0.5) is 5.00 Å². The SMILES string of the molecule is CCC(CC)C(=O)Nc1scc(-c2ccc3c(c2)CCCC3)c1C(=O)O. The van der Waals surface area contributed by atoms with Gasteiger partial charge in [0.15, 0.2) is 0 Å². The van der Waals surface area contributed by atoms with Crippen molar-refractivity contribution in [2.75, 3.05) is 5.32 Å². The van der Waals surface area contributed by atoms with Gasteiger partial charge in [0.25, 0.3) is 0 Å². The molecule has 2 N–H and O–H groups in total. The Morgan fingerprint density at radius 1 is 1.15 bits per heavy atom. The highest BCUT2D eigenvalue weighted by atomic mass is 32.1. The Morgan fingerprint density at radius 2 is 1.85 bits per heavy atom. The number of benzene rings is 1. The molecule has 0 saturated heterocycles. The van der Waals surface area contributed by atoms with E-state index in [1.54, 1.807) is 0 Å². The minimum atomic E-state index is -1.00. The fourth-order valence-electron chi connectivity index (χ4n) is 3.65. The Morgan fingerprint density at radius 3 is 2.50 bits per heavy atom. The first kappa shape index (κ1) is 18.6. The first-order valence-corrected chi connectivity index (χ1v) is 10.2. The lowest BCUT2D eigenvalue weighted by Crippen LogP contribution is -2.22. The second-order valence-corrected chi connectivity index (χ2v) is 7.73. The molecule has 1 aliphatic carbocycles. The number of fused-ring (bicyclic) bond motifs is 1. The third-order valence-corrected chi connectivity index (χ3v) is 6.15. The number of carbonyl (C=O) groups excluding carboxylic acids is 1. The minimum Gasteiger partial charge on any atom is -0.478 e. The van der Waals surface area contributed by atoms with Crippen LogP contribution in [0.3, 0.4) is 0 Å². The lowest BCUT2D eigenvalue weighted by atomic mass is 9.89. The van der Waals surface area contributed by atoms with Gasteiger partial charge in [0.2, 0.25) is 5.91 Å². The summed E-state index contributed by atoms with van der Waals surface area (Å²) in [5, 5.41) is 14.9. The molecule has 0 bridgehead atoms. The number of rotatable bonds is 6.